The second-order valence-electron chi connectivity index (χ2n) is 4.91. The maximum atomic E-state index is 11.8. The molecular formula is C15H26N4O2S. The summed E-state index contributed by atoms with van der Waals surface area (Å²) in [5.41, 5.74) is 0.709. The molecule has 0 amide bonds. The number of nitrogens with one attached hydrogen (secondary N) is 2. The Labute approximate surface area is 136 Å². The van der Waals surface area contributed by atoms with Gasteiger partial charge in [-0.15, -0.1) is 11.3 Å². The Morgan fingerprint density at radius 3 is 2.77 bits per heavy atom. The van der Waals surface area contributed by atoms with Crippen molar-refractivity contribution in [3.05, 3.63) is 15.6 Å². The molecule has 22 heavy (non-hydrogen) atoms. The fourth-order valence-electron chi connectivity index (χ4n) is 1.83. The minimum atomic E-state index is -0.304. The topological polar surface area (TPSA) is 75.6 Å². The number of aryl methyl sites for hydroxylation is 1. The van der Waals surface area contributed by atoms with E-state index in [2.05, 4.69) is 27.5 Å². The summed E-state index contributed by atoms with van der Waals surface area (Å²) in [4.78, 5) is 21.1. The second-order valence-corrected chi connectivity index (χ2v) is 5.94. The van der Waals surface area contributed by atoms with E-state index in [4.69, 9.17) is 4.74 Å². The first-order valence-electron chi connectivity index (χ1n) is 7.65. The smallest absolute Gasteiger partial charge is 0.350 e. The fourth-order valence-corrected chi connectivity index (χ4v) is 2.80. The molecule has 124 valence electrons. The van der Waals surface area contributed by atoms with Crippen LogP contribution < -0.4 is 10.6 Å². The van der Waals surface area contributed by atoms with E-state index in [1.165, 1.54) is 11.3 Å². The van der Waals surface area contributed by atoms with E-state index < -0.39 is 0 Å². The molecule has 1 aromatic rings. The van der Waals surface area contributed by atoms with Gasteiger partial charge in [-0.1, -0.05) is 13.3 Å². The van der Waals surface area contributed by atoms with Gasteiger partial charge in [-0.2, -0.15) is 0 Å². The summed E-state index contributed by atoms with van der Waals surface area (Å²) in [5.74, 6) is 0.438. The Kier molecular flexibility index (Phi) is 7.87. The zero-order valence-corrected chi connectivity index (χ0v) is 14.8. The zero-order valence-electron chi connectivity index (χ0n) is 14.0. The average molecular weight is 326 g/mol. The molecule has 6 nitrogen and oxygen atoms in total. The number of nitrogens with zero attached hydrogens (tertiary/aromatic N) is 2. The lowest BCUT2D eigenvalue weighted by molar-refractivity contribution is 0.0531. The molecule has 2 N–H and O–H groups in total. The van der Waals surface area contributed by atoms with Gasteiger partial charge in [0.1, 0.15) is 9.88 Å². The van der Waals surface area contributed by atoms with Crippen LogP contribution in [0.5, 0.6) is 0 Å². The Morgan fingerprint density at radius 2 is 2.18 bits per heavy atom. The number of rotatable bonds is 7. The van der Waals surface area contributed by atoms with Crippen molar-refractivity contribution in [2.75, 3.05) is 20.2 Å². The van der Waals surface area contributed by atoms with Crippen molar-refractivity contribution in [2.45, 2.75) is 46.6 Å². The summed E-state index contributed by atoms with van der Waals surface area (Å²) in [6.45, 7) is 9.02. The molecule has 0 aromatic carbocycles. The molecule has 0 aliphatic heterocycles. The molecule has 0 fully saturated rings. The van der Waals surface area contributed by atoms with Crippen LogP contribution in [0, 0.1) is 6.92 Å². The van der Waals surface area contributed by atoms with Crippen molar-refractivity contribution in [3.8, 4) is 0 Å². The third-order valence-corrected chi connectivity index (χ3v) is 4.36. The van der Waals surface area contributed by atoms with Crippen LogP contribution in [0.1, 0.15) is 60.0 Å². The van der Waals surface area contributed by atoms with Gasteiger partial charge in [0.15, 0.2) is 5.96 Å². The van der Waals surface area contributed by atoms with E-state index in [0.717, 1.165) is 30.4 Å². The van der Waals surface area contributed by atoms with Crippen LogP contribution >= 0.6 is 11.3 Å². The molecule has 0 radical (unpaired) electrons. The van der Waals surface area contributed by atoms with Gasteiger partial charge < -0.3 is 15.4 Å². The van der Waals surface area contributed by atoms with Crippen LogP contribution in [0.2, 0.25) is 0 Å². The molecule has 1 rings (SSSR count). The number of carbonyl (C=O) groups is 1. The van der Waals surface area contributed by atoms with Gasteiger partial charge in [0.05, 0.1) is 18.3 Å². The molecule has 0 saturated carbocycles. The standard InChI is InChI=1S/C15H26N4O2S/c1-6-8-9-17-15(16-5)19-11(4)13-18-10(3)12(22-13)14(20)21-7-2/h11H,6-9H2,1-5H3,(H2,16,17,19). The van der Waals surface area contributed by atoms with Crippen LogP contribution in [-0.4, -0.2) is 37.1 Å². The lowest BCUT2D eigenvalue weighted by Gasteiger charge is -2.15. The molecule has 1 heterocycles. The lowest BCUT2D eigenvalue weighted by atomic mass is 10.3. The van der Waals surface area contributed by atoms with Crippen LogP contribution in [0.4, 0.5) is 0 Å². The van der Waals surface area contributed by atoms with E-state index in [1.54, 1.807) is 14.0 Å². The highest BCUT2D eigenvalue weighted by Gasteiger charge is 2.19. The molecular weight excluding hydrogens is 300 g/mol. The van der Waals surface area contributed by atoms with Crippen LogP contribution in [0.25, 0.3) is 0 Å². The number of hydrogen-bond acceptors (Lipinski definition) is 5. The minimum absolute atomic E-state index is 0.0281. The van der Waals surface area contributed by atoms with Crippen LogP contribution in [0.3, 0.4) is 0 Å². The summed E-state index contributed by atoms with van der Waals surface area (Å²) >= 11 is 1.37. The van der Waals surface area contributed by atoms with Crippen molar-refractivity contribution in [1.82, 2.24) is 15.6 Å². The third-order valence-electron chi connectivity index (χ3n) is 3.04. The van der Waals surface area contributed by atoms with Crippen molar-refractivity contribution >= 4 is 23.3 Å². The summed E-state index contributed by atoms with van der Waals surface area (Å²) in [6, 6.07) is -0.0281. The van der Waals surface area contributed by atoms with E-state index in [9.17, 15) is 4.79 Å². The maximum absolute atomic E-state index is 11.8. The summed E-state index contributed by atoms with van der Waals surface area (Å²) in [6.07, 6.45) is 2.23. The minimum Gasteiger partial charge on any atom is -0.462 e. The molecule has 0 saturated heterocycles. The van der Waals surface area contributed by atoms with Gasteiger partial charge >= 0.3 is 5.97 Å². The molecule has 0 aliphatic carbocycles. The van der Waals surface area contributed by atoms with Gasteiger partial charge in [0.2, 0.25) is 0 Å². The number of esters is 1. The van der Waals surface area contributed by atoms with Crippen LogP contribution in [0.15, 0.2) is 4.99 Å². The van der Waals surface area contributed by atoms with Crippen molar-refractivity contribution in [3.63, 3.8) is 0 Å². The van der Waals surface area contributed by atoms with Gasteiger partial charge in [-0.05, 0) is 27.2 Å². The van der Waals surface area contributed by atoms with Gasteiger partial charge in [0.25, 0.3) is 0 Å². The molecule has 7 heteroatoms. The summed E-state index contributed by atoms with van der Waals surface area (Å²) in [5, 5.41) is 7.39. The molecule has 0 aliphatic rings. The predicted molar refractivity (Wildman–Crippen MR) is 90.6 cm³/mol. The Bertz CT molecular complexity index is 514. The summed E-state index contributed by atoms with van der Waals surface area (Å²) < 4.78 is 5.04. The fraction of sp³-hybridized carbons (Fsp3) is 0.667. The highest BCUT2D eigenvalue weighted by Crippen LogP contribution is 2.24. The Morgan fingerprint density at radius 1 is 1.45 bits per heavy atom. The maximum Gasteiger partial charge on any atom is 0.350 e. The highest BCUT2D eigenvalue weighted by atomic mass is 32.1. The Balaban J connectivity index is 2.71. The molecule has 1 unspecified atom stereocenters. The number of carbonyl (C=O) groups excluding carboxylic acids is 1. The average Bonchev–Trinajstić information content (AvgIpc) is 2.88. The highest BCUT2D eigenvalue weighted by molar-refractivity contribution is 7.13. The van der Waals surface area contributed by atoms with E-state index in [1.807, 2.05) is 13.8 Å². The van der Waals surface area contributed by atoms with E-state index in [-0.39, 0.29) is 12.0 Å². The first kappa shape index (κ1) is 18.4. The number of unbranched alkanes of at least 4 members (excludes halogenated alkanes) is 1. The van der Waals surface area contributed by atoms with Gasteiger partial charge in [-0.3, -0.25) is 4.99 Å². The number of aromatic nitrogens is 1. The van der Waals surface area contributed by atoms with E-state index >= 15 is 0 Å². The van der Waals surface area contributed by atoms with Crippen molar-refractivity contribution < 1.29 is 9.53 Å². The molecule has 1 aromatic heterocycles. The van der Waals surface area contributed by atoms with Crippen LogP contribution in [-0.2, 0) is 4.74 Å². The number of guanidine groups is 1. The number of aliphatic imine (C=N–C) groups is 1. The number of thiazole rings is 1. The van der Waals surface area contributed by atoms with Crippen molar-refractivity contribution in [1.29, 1.82) is 0 Å². The quantitative estimate of drug-likeness (QED) is 0.349. The van der Waals surface area contributed by atoms with Crippen molar-refractivity contribution in [2.24, 2.45) is 4.99 Å². The zero-order chi connectivity index (χ0) is 16.5. The number of ether oxygens (including phenoxy) is 1. The normalized spacial score (nSPS) is 12.9. The monoisotopic (exact) mass is 326 g/mol. The first-order valence-corrected chi connectivity index (χ1v) is 8.46. The predicted octanol–water partition coefficient (Wildman–Crippen LogP) is 2.65. The second kappa shape index (κ2) is 9.40. The largest absolute Gasteiger partial charge is 0.462 e. The summed E-state index contributed by atoms with van der Waals surface area (Å²) in [7, 11) is 1.74. The van der Waals surface area contributed by atoms with Gasteiger partial charge in [0, 0.05) is 13.6 Å². The SMILES string of the molecule is CCCCNC(=NC)NC(C)c1nc(C)c(C(=O)OCC)s1. The van der Waals surface area contributed by atoms with Gasteiger partial charge in [-0.25, -0.2) is 9.78 Å². The molecule has 0 spiro atoms. The first-order chi connectivity index (χ1) is 10.5. The molecule has 1 atom stereocenters. The number of hydrogen-bond donors (Lipinski definition) is 2. The lowest BCUT2D eigenvalue weighted by Crippen LogP contribution is -2.39. The van der Waals surface area contributed by atoms with E-state index in [0.29, 0.717) is 17.2 Å². The molecule has 0 bridgehead atoms. The Hall–Kier alpha value is -1.63. The third kappa shape index (κ3) is 5.29.